The smallest absolute Gasteiger partial charge is 0.139 e. The molecule has 2 heterocycles. The van der Waals surface area contributed by atoms with Crippen LogP contribution in [0.4, 0.5) is 0 Å². The zero-order valence-electron chi connectivity index (χ0n) is 10.4. The Kier molecular flexibility index (Phi) is 3.20. The average molecular weight is 468 g/mol. The van der Waals surface area contributed by atoms with Crippen LogP contribution in [0.3, 0.4) is 0 Å². The SMILES string of the molecule is Brc1nc2c(Br)cc3nc4ccccc4cc3c2nc1Br. The standard InChI is InChI=1S/C15H6Br3N3/c16-9-6-11-8(5-7-3-1-2-4-10(7)19-11)12-13(9)21-15(18)14(17)20-12/h1-6H. The van der Waals surface area contributed by atoms with Crippen molar-refractivity contribution in [2.24, 2.45) is 0 Å². The molecule has 2 aromatic carbocycles. The summed E-state index contributed by atoms with van der Waals surface area (Å²) in [6, 6.07) is 12.2. The van der Waals surface area contributed by atoms with Gasteiger partial charge in [-0.1, -0.05) is 18.2 Å². The lowest BCUT2D eigenvalue weighted by molar-refractivity contribution is 1.21. The van der Waals surface area contributed by atoms with E-state index in [0.717, 1.165) is 37.3 Å². The Labute approximate surface area is 145 Å². The minimum atomic E-state index is 0.683. The maximum absolute atomic E-state index is 4.72. The van der Waals surface area contributed by atoms with Crippen LogP contribution in [-0.4, -0.2) is 15.0 Å². The van der Waals surface area contributed by atoms with Crippen LogP contribution in [0.1, 0.15) is 0 Å². The maximum atomic E-state index is 4.72. The van der Waals surface area contributed by atoms with E-state index >= 15 is 0 Å². The summed E-state index contributed by atoms with van der Waals surface area (Å²) < 4.78 is 2.25. The van der Waals surface area contributed by atoms with E-state index in [1.165, 1.54) is 0 Å². The highest BCUT2D eigenvalue weighted by molar-refractivity contribution is 9.13. The van der Waals surface area contributed by atoms with Gasteiger partial charge in [0, 0.05) is 15.2 Å². The molecule has 0 unspecified atom stereocenters. The van der Waals surface area contributed by atoms with Crippen molar-refractivity contribution in [2.75, 3.05) is 0 Å². The van der Waals surface area contributed by atoms with Gasteiger partial charge in [0.05, 0.1) is 11.0 Å². The van der Waals surface area contributed by atoms with Crippen molar-refractivity contribution < 1.29 is 0 Å². The highest BCUT2D eigenvalue weighted by Crippen LogP contribution is 2.33. The van der Waals surface area contributed by atoms with Gasteiger partial charge in [-0.2, -0.15) is 0 Å². The largest absolute Gasteiger partial charge is 0.248 e. The van der Waals surface area contributed by atoms with Gasteiger partial charge in [-0.3, -0.25) is 0 Å². The number of rotatable bonds is 0. The molecule has 0 saturated carbocycles. The van der Waals surface area contributed by atoms with Gasteiger partial charge in [0.15, 0.2) is 0 Å². The molecular formula is C15H6Br3N3. The fourth-order valence-corrected chi connectivity index (χ4v) is 3.39. The Morgan fingerprint density at radius 1 is 0.714 bits per heavy atom. The van der Waals surface area contributed by atoms with Gasteiger partial charge in [-0.05, 0) is 66.0 Å². The molecule has 0 saturated heterocycles. The molecule has 0 N–H and O–H groups in total. The van der Waals surface area contributed by atoms with Gasteiger partial charge < -0.3 is 0 Å². The fraction of sp³-hybridized carbons (Fsp3) is 0. The van der Waals surface area contributed by atoms with Crippen LogP contribution < -0.4 is 0 Å². The zero-order chi connectivity index (χ0) is 14.6. The molecule has 0 amide bonds. The van der Waals surface area contributed by atoms with E-state index in [4.69, 9.17) is 4.98 Å². The third-order valence-electron chi connectivity index (χ3n) is 3.31. The minimum absolute atomic E-state index is 0.683. The summed E-state index contributed by atoms with van der Waals surface area (Å²) in [5, 5.41) is 2.09. The molecule has 0 bridgehead atoms. The monoisotopic (exact) mass is 465 g/mol. The summed E-state index contributed by atoms with van der Waals surface area (Å²) in [6.45, 7) is 0. The number of fused-ring (bicyclic) bond motifs is 4. The number of halogens is 3. The van der Waals surface area contributed by atoms with Crippen LogP contribution in [0, 0.1) is 0 Å². The second-order valence-electron chi connectivity index (χ2n) is 4.61. The van der Waals surface area contributed by atoms with Crippen LogP contribution in [0.15, 0.2) is 50.1 Å². The molecule has 4 aromatic rings. The van der Waals surface area contributed by atoms with E-state index in [1.54, 1.807) is 0 Å². The quantitative estimate of drug-likeness (QED) is 0.249. The Balaban J connectivity index is 2.26. The molecule has 6 heteroatoms. The van der Waals surface area contributed by atoms with Crippen molar-refractivity contribution in [3.8, 4) is 0 Å². The third kappa shape index (κ3) is 2.17. The van der Waals surface area contributed by atoms with E-state index in [1.807, 2.05) is 24.3 Å². The number of nitrogens with zero attached hydrogens (tertiary/aromatic N) is 3. The van der Waals surface area contributed by atoms with Crippen LogP contribution in [-0.2, 0) is 0 Å². The lowest BCUT2D eigenvalue weighted by Crippen LogP contribution is -1.92. The molecule has 0 aliphatic heterocycles. The molecule has 21 heavy (non-hydrogen) atoms. The highest BCUT2D eigenvalue weighted by atomic mass is 79.9. The summed E-state index contributed by atoms with van der Waals surface area (Å²) in [5.41, 5.74) is 3.51. The van der Waals surface area contributed by atoms with Gasteiger partial charge >= 0.3 is 0 Å². The molecule has 0 radical (unpaired) electrons. The van der Waals surface area contributed by atoms with Crippen molar-refractivity contribution >= 4 is 80.6 Å². The van der Waals surface area contributed by atoms with Crippen molar-refractivity contribution in [3.63, 3.8) is 0 Å². The van der Waals surface area contributed by atoms with E-state index in [-0.39, 0.29) is 0 Å². The molecule has 0 aliphatic rings. The highest BCUT2D eigenvalue weighted by Gasteiger charge is 2.12. The fourth-order valence-electron chi connectivity index (χ4n) is 2.37. The average Bonchev–Trinajstić information content (AvgIpc) is 2.48. The molecular weight excluding hydrogens is 462 g/mol. The van der Waals surface area contributed by atoms with Gasteiger partial charge in [0.2, 0.25) is 0 Å². The lowest BCUT2D eigenvalue weighted by atomic mass is 10.1. The molecule has 0 atom stereocenters. The second kappa shape index (κ2) is 4.97. The van der Waals surface area contributed by atoms with Crippen LogP contribution >= 0.6 is 47.8 Å². The zero-order valence-corrected chi connectivity index (χ0v) is 15.2. The van der Waals surface area contributed by atoms with E-state index in [0.29, 0.717) is 9.21 Å². The van der Waals surface area contributed by atoms with Crippen molar-refractivity contribution in [1.29, 1.82) is 0 Å². The Morgan fingerprint density at radius 3 is 2.24 bits per heavy atom. The van der Waals surface area contributed by atoms with Crippen LogP contribution in [0.5, 0.6) is 0 Å². The Bertz CT molecular complexity index is 1030. The first-order valence-corrected chi connectivity index (χ1v) is 8.52. The first-order valence-electron chi connectivity index (χ1n) is 6.14. The normalized spacial score (nSPS) is 11.6. The Hall–Kier alpha value is -1.11. The number of hydrogen-bond acceptors (Lipinski definition) is 3. The Morgan fingerprint density at radius 2 is 1.43 bits per heavy atom. The summed E-state index contributed by atoms with van der Waals surface area (Å²) in [5.74, 6) is 0. The van der Waals surface area contributed by atoms with Gasteiger partial charge in [0.25, 0.3) is 0 Å². The number of benzene rings is 2. The van der Waals surface area contributed by atoms with Crippen molar-refractivity contribution in [1.82, 2.24) is 15.0 Å². The topological polar surface area (TPSA) is 38.7 Å². The summed E-state index contributed by atoms with van der Waals surface area (Å²) in [6.07, 6.45) is 0. The van der Waals surface area contributed by atoms with Crippen LogP contribution in [0.25, 0.3) is 32.8 Å². The molecule has 102 valence electrons. The summed E-state index contributed by atoms with van der Waals surface area (Å²) >= 11 is 10.4. The van der Waals surface area contributed by atoms with Crippen molar-refractivity contribution in [2.45, 2.75) is 0 Å². The number of para-hydroxylation sites is 1. The first kappa shape index (κ1) is 13.5. The molecule has 0 spiro atoms. The van der Waals surface area contributed by atoms with Crippen molar-refractivity contribution in [3.05, 3.63) is 50.1 Å². The maximum Gasteiger partial charge on any atom is 0.139 e. The van der Waals surface area contributed by atoms with E-state index in [2.05, 4.69) is 69.9 Å². The molecule has 2 aromatic heterocycles. The predicted molar refractivity (Wildman–Crippen MR) is 95.4 cm³/mol. The van der Waals surface area contributed by atoms with Crippen LogP contribution in [0.2, 0.25) is 0 Å². The predicted octanol–water partition coefficient (Wildman–Crippen LogP) is 5.62. The first-order chi connectivity index (χ1) is 10.1. The van der Waals surface area contributed by atoms with E-state index in [9.17, 15) is 0 Å². The minimum Gasteiger partial charge on any atom is -0.248 e. The third-order valence-corrected chi connectivity index (χ3v) is 5.56. The molecule has 0 fully saturated rings. The lowest BCUT2D eigenvalue weighted by Gasteiger charge is -2.07. The summed E-state index contributed by atoms with van der Waals surface area (Å²) in [4.78, 5) is 13.9. The van der Waals surface area contributed by atoms with E-state index < -0.39 is 0 Å². The molecule has 3 nitrogen and oxygen atoms in total. The number of pyridine rings is 1. The van der Waals surface area contributed by atoms with Gasteiger partial charge in [0.1, 0.15) is 20.2 Å². The number of hydrogen-bond donors (Lipinski definition) is 0. The molecule has 0 aliphatic carbocycles. The summed E-state index contributed by atoms with van der Waals surface area (Å²) in [7, 11) is 0. The van der Waals surface area contributed by atoms with Gasteiger partial charge in [-0.15, -0.1) is 0 Å². The second-order valence-corrected chi connectivity index (χ2v) is 6.97. The van der Waals surface area contributed by atoms with Gasteiger partial charge in [-0.25, -0.2) is 15.0 Å². The number of aromatic nitrogens is 3. The molecule has 4 rings (SSSR count).